The topological polar surface area (TPSA) is 228 Å². The minimum Gasteiger partial charge on any atom is -0.394 e. The second-order valence-corrected chi connectivity index (χ2v) is 31.4. The number of hydrogen-bond acceptors (Lipinski definition) is 13. The van der Waals surface area contributed by atoms with E-state index in [0.29, 0.717) is 12.8 Å². The van der Waals surface area contributed by atoms with Crippen molar-refractivity contribution in [3.05, 3.63) is 36.5 Å². The van der Waals surface area contributed by atoms with Crippen LogP contribution in [0.5, 0.6) is 0 Å². The van der Waals surface area contributed by atoms with Crippen molar-refractivity contribution in [2.45, 2.75) is 498 Å². The molecule has 2 aliphatic heterocycles. The minimum absolute atomic E-state index is 0.197. The van der Waals surface area contributed by atoms with Crippen molar-refractivity contribution in [2.75, 3.05) is 19.8 Å². The second kappa shape index (κ2) is 72.1. The van der Waals surface area contributed by atoms with Crippen LogP contribution in [0.15, 0.2) is 36.5 Å². The molecular weight excluding hydrogens is 1280 g/mol. The lowest BCUT2D eigenvalue weighted by molar-refractivity contribution is -0.359. The second-order valence-electron chi connectivity index (χ2n) is 31.4. The highest BCUT2D eigenvalue weighted by Crippen LogP contribution is 2.31. The first-order chi connectivity index (χ1) is 50.1. The highest BCUT2D eigenvalue weighted by Gasteiger charge is 2.51. The van der Waals surface area contributed by atoms with Crippen molar-refractivity contribution in [1.29, 1.82) is 0 Å². The molecule has 1 amide bonds. The zero-order valence-corrected chi connectivity index (χ0v) is 66.4. The molecule has 0 aliphatic carbocycles. The van der Waals surface area contributed by atoms with Crippen molar-refractivity contribution >= 4 is 5.91 Å². The summed E-state index contributed by atoms with van der Waals surface area (Å²) in [6, 6.07) is -0.829. The fraction of sp³-hybridized carbons (Fsp3) is 0.920. The summed E-state index contributed by atoms with van der Waals surface area (Å²) in [5, 5.41) is 88.0. The molecule has 0 saturated carbocycles. The lowest BCUT2D eigenvalue weighted by atomic mass is 9.97. The third-order valence-electron chi connectivity index (χ3n) is 21.9. The molecule has 0 spiro atoms. The van der Waals surface area contributed by atoms with Gasteiger partial charge in [-0.25, -0.2) is 0 Å². The zero-order valence-electron chi connectivity index (χ0n) is 66.4. The van der Waals surface area contributed by atoms with Crippen molar-refractivity contribution in [1.82, 2.24) is 5.32 Å². The number of hydrogen-bond donors (Lipinski definition) is 9. The van der Waals surface area contributed by atoms with Gasteiger partial charge in [-0.2, -0.15) is 0 Å². The fourth-order valence-corrected chi connectivity index (χ4v) is 14.9. The summed E-state index contributed by atoms with van der Waals surface area (Å²) in [5.41, 5.74) is 0. The first kappa shape index (κ1) is 96.3. The Morgan fingerprint density at radius 2 is 0.647 bits per heavy atom. The number of aliphatic hydroxyl groups is 8. The number of rotatable bonds is 76. The number of carbonyl (C=O) groups excluding carboxylic acids is 1. The maximum Gasteiger partial charge on any atom is 0.220 e. The number of carbonyl (C=O) groups is 1. The molecule has 12 unspecified atom stereocenters. The van der Waals surface area contributed by atoms with Gasteiger partial charge in [-0.1, -0.05) is 403 Å². The zero-order chi connectivity index (χ0) is 73.7. The van der Waals surface area contributed by atoms with Crippen LogP contribution in [0.1, 0.15) is 425 Å². The number of unbranched alkanes of at least 4 members (excludes halogenated alkanes) is 57. The van der Waals surface area contributed by atoms with E-state index in [2.05, 4.69) is 55.6 Å². The van der Waals surface area contributed by atoms with Gasteiger partial charge in [0.05, 0.1) is 32.0 Å². The van der Waals surface area contributed by atoms with Crippen LogP contribution in [0.25, 0.3) is 0 Å². The molecule has 0 aromatic heterocycles. The lowest BCUT2D eigenvalue weighted by Gasteiger charge is -2.46. The van der Waals surface area contributed by atoms with Crippen molar-refractivity contribution < 1.29 is 64.6 Å². The van der Waals surface area contributed by atoms with Crippen LogP contribution in [0.2, 0.25) is 0 Å². The molecule has 602 valence electrons. The van der Waals surface area contributed by atoms with Gasteiger partial charge in [-0.15, -0.1) is 0 Å². The van der Waals surface area contributed by atoms with E-state index >= 15 is 0 Å². The van der Waals surface area contributed by atoms with Gasteiger partial charge in [-0.05, 0) is 51.4 Å². The van der Waals surface area contributed by atoms with Crippen LogP contribution in [0.3, 0.4) is 0 Å². The van der Waals surface area contributed by atoms with Crippen molar-refractivity contribution in [2.24, 2.45) is 0 Å². The van der Waals surface area contributed by atoms with E-state index in [1.54, 1.807) is 0 Å². The van der Waals surface area contributed by atoms with E-state index < -0.39 is 86.8 Å². The van der Waals surface area contributed by atoms with Gasteiger partial charge in [0.1, 0.15) is 48.8 Å². The van der Waals surface area contributed by atoms with Gasteiger partial charge < -0.3 is 65.1 Å². The molecule has 0 aromatic carbocycles. The van der Waals surface area contributed by atoms with Gasteiger partial charge >= 0.3 is 0 Å². The van der Waals surface area contributed by atoms with Crippen LogP contribution in [-0.4, -0.2) is 140 Å². The molecule has 2 rings (SSSR count). The summed E-state index contributed by atoms with van der Waals surface area (Å²) in [6.07, 6.45) is 79.3. The maximum atomic E-state index is 13.4. The molecule has 102 heavy (non-hydrogen) atoms. The molecule has 0 aromatic rings. The fourth-order valence-electron chi connectivity index (χ4n) is 14.9. The van der Waals surface area contributed by atoms with Gasteiger partial charge in [0.15, 0.2) is 12.6 Å². The first-order valence-electron chi connectivity index (χ1n) is 44.2. The van der Waals surface area contributed by atoms with Crippen LogP contribution in [0.4, 0.5) is 0 Å². The average molecular weight is 1450 g/mol. The standard InChI is InChI=1S/C88H167NO13/c1-3-5-7-9-11-13-15-17-19-21-23-25-27-29-31-33-35-36-37-38-39-40-42-44-46-48-50-52-54-56-58-60-62-64-66-68-70-72-80(93)89-76(75-99-87-85(98)83(96)86(79(74-91)101-87)102-88-84(97)82(95)81(94)78(73-90)100-88)77(92)71-69-67-65-63-61-59-57-55-53-51-49-47-45-43-41-34-32-30-28-26-24-22-20-18-16-14-12-10-8-6-4-2/h15,17,21,23,27,29,76-79,81-88,90-92,94-98H,3-14,16,18-20,22,24-26,28,30-75H2,1-2H3,(H,89,93)/b17-15-,23-21-,29-27-. The van der Waals surface area contributed by atoms with Crippen LogP contribution < -0.4 is 5.32 Å². The van der Waals surface area contributed by atoms with E-state index in [-0.39, 0.29) is 12.5 Å². The molecule has 0 radical (unpaired) electrons. The summed E-state index contributed by atoms with van der Waals surface area (Å²) >= 11 is 0. The summed E-state index contributed by atoms with van der Waals surface area (Å²) < 4.78 is 23.0. The number of nitrogens with one attached hydrogen (secondary N) is 1. The molecule has 0 bridgehead atoms. The largest absolute Gasteiger partial charge is 0.394 e. The third kappa shape index (κ3) is 53.9. The molecule has 2 fully saturated rings. The lowest BCUT2D eigenvalue weighted by Crippen LogP contribution is -2.65. The Bertz CT molecular complexity index is 1850. The third-order valence-corrected chi connectivity index (χ3v) is 21.9. The number of amides is 1. The first-order valence-corrected chi connectivity index (χ1v) is 44.2. The van der Waals surface area contributed by atoms with E-state index in [1.807, 2.05) is 0 Å². The van der Waals surface area contributed by atoms with E-state index in [9.17, 15) is 45.6 Å². The van der Waals surface area contributed by atoms with Gasteiger partial charge in [-0.3, -0.25) is 4.79 Å². The Morgan fingerprint density at radius 1 is 0.353 bits per heavy atom. The van der Waals surface area contributed by atoms with Crippen molar-refractivity contribution in [3.8, 4) is 0 Å². The summed E-state index contributed by atoms with van der Waals surface area (Å²) in [6.45, 7) is 2.93. The Hall–Kier alpha value is -1.79. The SMILES string of the molecule is CCCCCCC/C=C\C/C=C\C/C=C\CCCCCCCCCCCCCCCCCCCCCCCCC(=O)NC(COC1OC(CO)C(OC2OC(CO)C(O)C(O)C2O)C(O)C1O)C(O)CCCCCCCCCCCCCCCCCCCCCCCCCCCCCCCCC. The van der Waals surface area contributed by atoms with Gasteiger partial charge in [0.2, 0.25) is 5.91 Å². The Labute approximate surface area is 627 Å². The normalized spacial score (nSPS) is 21.7. The Balaban J connectivity index is 1.56. The molecule has 14 nitrogen and oxygen atoms in total. The molecule has 2 aliphatic rings. The van der Waals surface area contributed by atoms with Crippen LogP contribution >= 0.6 is 0 Å². The van der Waals surface area contributed by atoms with Crippen LogP contribution in [-0.2, 0) is 23.7 Å². The van der Waals surface area contributed by atoms with Gasteiger partial charge in [0, 0.05) is 6.42 Å². The predicted molar refractivity (Wildman–Crippen MR) is 425 cm³/mol. The molecule has 14 heteroatoms. The van der Waals surface area contributed by atoms with Crippen molar-refractivity contribution in [3.63, 3.8) is 0 Å². The summed E-state index contributed by atoms with van der Waals surface area (Å²) in [5.74, 6) is -0.197. The molecular formula is C88H167NO13. The quantitative estimate of drug-likeness (QED) is 0.0204. The van der Waals surface area contributed by atoms with E-state index in [4.69, 9.17) is 18.9 Å². The number of allylic oxidation sites excluding steroid dienone is 6. The molecule has 2 saturated heterocycles. The monoisotopic (exact) mass is 1450 g/mol. The summed E-state index contributed by atoms with van der Waals surface area (Å²) in [7, 11) is 0. The maximum absolute atomic E-state index is 13.4. The van der Waals surface area contributed by atoms with E-state index in [1.165, 1.54) is 334 Å². The summed E-state index contributed by atoms with van der Waals surface area (Å²) in [4.78, 5) is 13.4. The highest BCUT2D eigenvalue weighted by atomic mass is 16.7. The minimum atomic E-state index is -1.78. The number of aliphatic hydroxyl groups excluding tert-OH is 8. The highest BCUT2D eigenvalue weighted by molar-refractivity contribution is 5.76. The molecule has 12 atom stereocenters. The predicted octanol–water partition coefficient (Wildman–Crippen LogP) is 21.1. The number of ether oxygens (including phenoxy) is 4. The Kier molecular flexibility index (Phi) is 68.1. The smallest absolute Gasteiger partial charge is 0.220 e. The van der Waals surface area contributed by atoms with Gasteiger partial charge in [0.25, 0.3) is 0 Å². The van der Waals surface area contributed by atoms with E-state index in [0.717, 1.165) is 64.2 Å². The Morgan fingerprint density at radius 3 is 0.990 bits per heavy atom. The average Bonchev–Trinajstić information content (AvgIpc) is 0.790. The van der Waals surface area contributed by atoms with Crippen LogP contribution in [0, 0.1) is 0 Å². The molecule has 9 N–H and O–H groups in total. The molecule has 2 heterocycles.